The smallest absolute Gasteiger partial charge is 0.336 e. The molecule has 0 unspecified atom stereocenters. The van der Waals surface area contributed by atoms with Crippen molar-refractivity contribution >= 4 is 11.9 Å². The van der Waals surface area contributed by atoms with Gasteiger partial charge in [-0.3, -0.25) is 4.79 Å². The lowest BCUT2D eigenvalue weighted by Gasteiger charge is -2.17. The van der Waals surface area contributed by atoms with Gasteiger partial charge in [0.25, 0.3) is 0 Å². The molecule has 1 amide bonds. The second kappa shape index (κ2) is 6.76. The van der Waals surface area contributed by atoms with Crippen LogP contribution in [0.15, 0.2) is 24.3 Å². The highest BCUT2D eigenvalue weighted by atomic mass is 16.4. The van der Waals surface area contributed by atoms with Crippen LogP contribution < -0.4 is 5.32 Å². The van der Waals surface area contributed by atoms with Gasteiger partial charge in [0.15, 0.2) is 0 Å². The van der Waals surface area contributed by atoms with Crippen LogP contribution in [0, 0.1) is 0 Å². The molecule has 1 aromatic carbocycles. The number of carboxylic acid groups (broad SMARTS) is 1. The maximum absolute atomic E-state index is 11.1. The minimum atomic E-state index is -0.926. The van der Waals surface area contributed by atoms with Gasteiger partial charge in [0.05, 0.1) is 5.56 Å². The normalized spacial score (nSPS) is 10.4. The highest BCUT2D eigenvalue weighted by Crippen LogP contribution is 2.11. The molecule has 0 atom stereocenters. The molecule has 0 aliphatic carbocycles. The summed E-state index contributed by atoms with van der Waals surface area (Å²) in [6.45, 7) is 1.10. The van der Waals surface area contributed by atoms with E-state index in [1.165, 1.54) is 0 Å². The zero-order chi connectivity index (χ0) is 13.5. The molecule has 0 heterocycles. The van der Waals surface area contributed by atoms with Crippen molar-refractivity contribution in [2.45, 2.75) is 13.0 Å². The Morgan fingerprint density at radius 2 is 2.00 bits per heavy atom. The molecule has 0 radical (unpaired) electrons. The van der Waals surface area contributed by atoms with Gasteiger partial charge in [-0.1, -0.05) is 18.2 Å². The van der Waals surface area contributed by atoms with E-state index in [-0.39, 0.29) is 5.91 Å². The molecule has 18 heavy (non-hydrogen) atoms. The van der Waals surface area contributed by atoms with Crippen LogP contribution in [0.2, 0.25) is 0 Å². The Morgan fingerprint density at radius 3 is 2.61 bits per heavy atom. The van der Waals surface area contributed by atoms with Gasteiger partial charge in [0.2, 0.25) is 5.91 Å². The number of carboxylic acids is 1. The van der Waals surface area contributed by atoms with Gasteiger partial charge in [-0.2, -0.15) is 0 Å². The molecule has 0 aliphatic rings. The first kappa shape index (κ1) is 14.2. The number of hydrogen-bond donors (Lipinski definition) is 2. The molecule has 0 bridgehead atoms. The quantitative estimate of drug-likeness (QED) is 0.788. The van der Waals surface area contributed by atoms with Crippen molar-refractivity contribution in [2.24, 2.45) is 0 Å². The minimum absolute atomic E-state index is 0.0200. The number of hydrogen-bond acceptors (Lipinski definition) is 3. The summed E-state index contributed by atoms with van der Waals surface area (Å²) in [6.07, 6.45) is 0.405. The summed E-state index contributed by atoms with van der Waals surface area (Å²) in [5.74, 6) is -0.946. The van der Waals surface area contributed by atoms with E-state index >= 15 is 0 Å². The van der Waals surface area contributed by atoms with E-state index in [9.17, 15) is 9.59 Å². The van der Waals surface area contributed by atoms with Gasteiger partial charge in [-0.15, -0.1) is 0 Å². The fourth-order valence-electron chi connectivity index (χ4n) is 1.65. The third kappa shape index (κ3) is 4.18. The van der Waals surface area contributed by atoms with Crippen LogP contribution in [0.5, 0.6) is 0 Å². The lowest BCUT2D eigenvalue weighted by atomic mass is 10.1. The van der Waals surface area contributed by atoms with E-state index in [2.05, 4.69) is 5.32 Å². The van der Waals surface area contributed by atoms with Gasteiger partial charge in [0, 0.05) is 26.6 Å². The van der Waals surface area contributed by atoms with Crippen molar-refractivity contribution in [2.75, 3.05) is 20.6 Å². The van der Waals surface area contributed by atoms with Crippen LogP contribution in [0.25, 0.3) is 0 Å². The molecular weight excluding hydrogens is 232 g/mol. The first-order valence-corrected chi connectivity index (χ1v) is 5.75. The van der Waals surface area contributed by atoms with Gasteiger partial charge < -0.3 is 15.3 Å². The highest BCUT2D eigenvalue weighted by Gasteiger charge is 2.11. The Hall–Kier alpha value is -1.88. The van der Waals surface area contributed by atoms with E-state index in [4.69, 9.17) is 5.11 Å². The largest absolute Gasteiger partial charge is 0.478 e. The lowest BCUT2D eigenvalue weighted by molar-refractivity contribution is -0.120. The molecule has 1 rings (SSSR count). The molecule has 0 aromatic heterocycles. The van der Waals surface area contributed by atoms with Gasteiger partial charge in [-0.25, -0.2) is 4.79 Å². The molecule has 0 fully saturated rings. The summed E-state index contributed by atoms with van der Waals surface area (Å²) in [5, 5.41) is 11.6. The second-order valence-electron chi connectivity index (χ2n) is 4.12. The fraction of sp³-hybridized carbons (Fsp3) is 0.385. The summed E-state index contributed by atoms with van der Waals surface area (Å²) in [5.41, 5.74) is 1.06. The predicted molar refractivity (Wildman–Crippen MR) is 68.4 cm³/mol. The summed E-state index contributed by atoms with van der Waals surface area (Å²) < 4.78 is 0. The minimum Gasteiger partial charge on any atom is -0.478 e. The van der Waals surface area contributed by atoms with Crippen LogP contribution >= 0.6 is 0 Å². The first-order valence-electron chi connectivity index (χ1n) is 5.75. The summed E-state index contributed by atoms with van der Waals surface area (Å²) >= 11 is 0. The molecule has 1 aromatic rings. The van der Waals surface area contributed by atoms with Crippen molar-refractivity contribution in [3.63, 3.8) is 0 Å². The number of rotatable bonds is 6. The maximum atomic E-state index is 11.1. The van der Waals surface area contributed by atoms with Gasteiger partial charge in [0.1, 0.15) is 0 Å². The number of carbonyl (C=O) groups is 2. The number of nitrogens with one attached hydrogen (secondary N) is 1. The van der Waals surface area contributed by atoms with Crippen molar-refractivity contribution in [1.82, 2.24) is 10.2 Å². The van der Waals surface area contributed by atoms with E-state index in [0.29, 0.717) is 25.1 Å². The van der Waals surface area contributed by atoms with Crippen LogP contribution in [0.4, 0.5) is 0 Å². The van der Waals surface area contributed by atoms with Gasteiger partial charge >= 0.3 is 5.97 Å². The molecule has 0 aliphatic heterocycles. The van der Waals surface area contributed by atoms with Crippen molar-refractivity contribution in [3.05, 3.63) is 35.4 Å². The summed E-state index contributed by atoms with van der Waals surface area (Å²) in [4.78, 5) is 24.1. The molecule has 0 spiro atoms. The Kier molecular flexibility index (Phi) is 5.32. The Labute approximate surface area is 106 Å². The fourth-order valence-corrected chi connectivity index (χ4v) is 1.65. The van der Waals surface area contributed by atoms with E-state index in [1.807, 2.05) is 18.0 Å². The standard InChI is InChI=1S/C13H18N2O3/c1-14-12(16)7-8-15(2)9-10-5-3-4-6-11(10)13(17)18/h3-6H,7-9H2,1-2H3,(H,14,16)(H,17,18). The average Bonchev–Trinajstić information content (AvgIpc) is 2.36. The number of carbonyl (C=O) groups excluding carboxylic acids is 1. The van der Waals surface area contributed by atoms with E-state index in [0.717, 1.165) is 5.56 Å². The summed E-state index contributed by atoms with van der Waals surface area (Å²) in [6, 6.07) is 6.90. The number of nitrogens with zero attached hydrogens (tertiary/aromatic N) is 1. The molecular formula is C13H18N2O3. The molecule has 0 saturated heterocycles. The second-order valence-corrected chi connectivity index (χ2v) is 4.12. The number of benzene rings is 1. The van der Waals surface area contributed by atoms with Crippen LogP contribution in [0.1, 0.15) is 22.3 Å². The molecule has 5 heteroatoms. The third-order valence-electron chi connectivity index (χ3n) is 2.69. The number of amides is 1. The summed E-state index contributed by atoms with van der Waals surface area (Å²) in [7, 11) is 3.46. The monoisotopic (exact) mass is 250 g/mol. The number of aromatic carboxylic acids is 1. The lowest BCUT2D eigenvalue weighted by Crippen LogP contribution is -2.26. The van der Waals surface area contributed by atoms with E-state index in [1.54, 1.807) is 25.2 Å². The van der Waals surface area contributed by atoms with E-state index < -0.39 is 5.97 Å². The average molecular weight is 250 g/mol. The van der Waals surface area contributed by atoms with Crippen molar-refractivity contribution in [1.29, 1.82) is 0 Å². The SMILES string of the molecule is CNC(=O)CCN(C)Cc1ccccc1C(=O)O. The zero-order valence-corrected chi connectivity index (χ0v) is 10.6. The topological polar surface area (TPSA) is 69.6 Å². The molecule has 5 nitrogen and oxygen atoms in total. The Morgan fingerprint density at radius 1 is 1.33 bits per heavy atom. The van der Waals surface area contributed by atoms with Crippen LogP contribution in [0.3, 0.4) is 0 Å². The molecule has 98 valence electrons. The van der Waals surface area contributed by atoms with Crippen LogP contribution in [-0.4, -0.2) is 42.5 Å². The molecule has 0 saturated carbocycles. The van der Waals surface area contributed by atoms with Crippen molar-refractivity contribution < 1.29 is 14.7 Å². The Balaban J connectivity index is 2.61. The zero-order valence-electron chi connectivity index (χ0n) is 10.6. The maximum Gasteiger partial charge on any atom is 0.336 e. The first-order chi connectivity index (χ1) is 8.54. The van der Waals surface area contributed by atoms with Crippen molar-refractivity contribution in [3.8, 4) is 0 Å². The predicted octanol–water partition coefficient (Wildman–Crippen LogP) is 0.953. The Bertz CT molecular complexity index is 432. The third-order valence-corrected chi connectivity index (χ3v) is 2.69. The highest BCUT2D eigenvalue weighted by molar-refractivity contribution is 5.89. The van der Waals surface area contributed by atoms with Crippen LogP contribution in [-0.2, 0) is 11.3 Å². The molecule has 2 N–H and O–H groups in total. The van der Waals surface area contributed by atoms with Gasteiger partial charge in [-0.05, 0) is 18.7 Å².